The summed E-state index contributed by atoms with van der Waals surface area (Å²) in [6, 6.07) is 11.5. The molecule has 0 radical (unpaired) electrons. The van der Waals surface area contributed by atoms with Gasteiger partial charge in [-0.3, -0.25) is 19.3 Å². The zero-order chi connectivity index (χ0) is 27.9. The Balaban J connectivity index is 1.28. The van der Waals surface area contributed by atoms with Gasteiger partial charge in [0.2, 0.25) is 11.8 Å². The number of hydrogen-bond donors (Lipinski definition) is 1. The number of aromatic amines is 1. The first-order chi connectivity index (χ1) is 19.3. The summed E-state index contributed by atoms with van der Waals surface area (Å²) in [7, 11) is 1.62. The van der Waals surface area contributed by atoms with Crippen molar-refractivity contribution < 1.29 is 23.5 Å². The molecule has 3 aromatic rings. The van der Waals surface area contributed by atoms with Crippen LogP contribution in [-0.2, 0) is 9.59 Å². The Morgan fingerprint density at radius 2 is 1.75 bits per heavy atom. The molecule has 208 valence electrons. The lowest BCUT2D eigenvalue weighted by Crippen LogP contribution is -2.42. The van der Waals surface area contributed by atoms with Crippen LogP contribution >= 0.6 is 23.1 Å². The number of halogens is 1. The molecule has 7 rings (SSSR count). The van der Waals surface area contributed by atoms with Gasteiger partial charge in [0.05, 0.1) is 36.3 Å². The van der Waals surface area contributed by atoms with E-state index in [1.165, 1.54) is 40.5 Å². The second-order valence-corrected chi connectivity index (χ2v) is 13.8. The first-order valence-corrected chi connectivity index (χ1v) is 15.3. The van der Waals surface area contributed by atoms with Gasteiger partial charge >= 0.3 is 4.87 Å². The minimum Gasteiger partial charge on any atom is -0.493 e. The topological polar surface area (TPSA) is 88.7 Å². The maximum absolute atomic E-state index is 13.8. The third-order valence-corrected chi connectivity index (χ3v) is 11.5. The van der Waals surface area contributed by atoms with E-state index in [9.17, 15) is 18.8 Å². The molecular formula is C30H29FN2O5S2. The van der Waals surface area contributed by atoms with Gasteiger partial charge in [0.25, 0.3) is 0 Å². The average molecular weight is 581 g/mol. The molecule has 7 nitrogen and oxygen atoms in total. The van der Waals surface area contributed by atoms with Crippen molar-refractivity contribution in [2.75, 3.05) is 18.6 Å². The lowest BCUT2D eigenvalue weighted by atomic mass is 9.68. The van der Waals surface area contributed by atoms with Crippen molar-refractivity contribution in [3.05, 3.63) is 68.4 Å². The molecule has 2 aliphatic carbocycles. The minimum atomic E-state index is -0.417. The molecule has 4 aliphatic rings. The van der Waals surface area contributed by atoms with Gasteiger partial charge in [0.15, 0.2) is 11.5 Å². The fourth-order valence-electron chi connectivity index (χ4n) is 7.49. The van der Waals surface area contributed by atoms with Crippen molar-refractivity contribution in [1.29, 1.82) is 0 Å². The van der Waals surface area contributed by atoms with E-state index >= 15 is 0 Å². The van der Waals surface area contributed by atoms with E-state index in [0.717, 1.165) is 21.9 Å². The Bertz CT molecular complexity index is 1570. The number of ether oxygens (including phenoxy) is 2. The Labute approximate surface area is 239 Å². The number of aromatic nitrogens is 1. The number of carbonyl (C=O) groups excluding carboxylic acids is 2. The first-order valence-electron chi connectivity index (χ1n) is 13.6. The molecule has 2 saturated carbocycles. The molecule has 2 amide bonds. The van der Waals surface area contributed by atoms with Gasteiger partial charge in [-0.1, -0.05) is 31.3 Å². The number of nitrogens with one attached hydrogen (secondary N) is 1. The SMILES string of the molecule is COc1cc([C@@H]2c3sc(=O)[nH]c3S[C@@H]3[C@@H]4C[C@@H]([C@@H]5C(=O)N(c6ccc(F)cc6)C(=O)[C@@H]45)[C@@H]23)ccc1OCC(C)C. The van der Waals surface area contributed by atoms with Gasteiger partial charge in [0, 0.05) is 16.0 Å². The molecule has 3 fully saturated rings. The van der Waals surface area contributed by atoms with Crippen molar-refractivity contribution in [1.82, 2.24) is 4.98 Å². The summed E-state index contributed by atoms with van der Waals surface area (Å²) in [5, 5.41) is 0.943. The summed E-state index contributed by atoms with van der Waals surface area (Å²) < 4.78 is 25.3. The lowest BCUT2D eigenvalue weighted by molar-refractivity contribution is -0.123. The number of rotatable bonds is 6. The highest BCUT2D eigenvalue weighted by Gasteiger charge is 2.69. The number of hydrogen-bond acceptors (Lipinski definition) is 7. The van der Waals surface area contributed by atoms with Crippen molar-refractivity contribution >= 4 is 40.6 Å². The minimum absolute atomic E-state index is 0.00684. The molecule has 1 saturated heterocycles. The van der Waals surface area contributed by atoms with Gasteiger partial charge < -0.3 is 14.5 Å². The molecule has 40 heavy (non-hydrogen) atoms. The number of thiazole rings is 1. The van der Waals surface area contributed by atoms with Crippen LogP contribution in [0.3, 0.4) is 0 Å². The van der Waals surface area contributed by atoms with E-state index in [2.05, 4.69) is 18.8 Å². The maximum Gasteiger partial charge on any atom is 0.305 e. The number of nitrogens with zero attached hydrogens (tertiary/aromatic N) is 1. The van der Waals surface area contributed by atoms with Gasteiger partial charge in [-0.05, 0) is 72.1 Å². The van der Waals surface area contributed by atoms with Gasteiger partial charge in [-0.25, -0.2) is 4.39 Å². The standard InChI is InChI=1S/C30H29FN2O5S2/c1-13(2)12-38-19-9-4-14(10-20(19)37-3)21-22-17-11-18(25(22)39-27-26(21)40-30(36)32-27)24-23(17)28(34)33(29(24)35)16-7-5-15(31)6-8-16/h4-10,13,17-18,21-25H,11-12H2,1-3H3,(H,32,36)/t17-,18-,21+,22+,23+,24+,25-/m1/s1. The number of amides is 2. The molecule has 2 aliphatic heterocycles. The zero-order valence-corrected chi connectivity index (χ0v) is 23.9. The highest BCUT2D eigenvalue weighted by Crippen LogP contribution is 2.68. The normalized spacial score (nSPS) is 30.0. The van der Waals surface area contributed by atoms with Gasteiger partial charge in [-0.2, -0.15) is 0 Å². The van der Waals surface area contributed by atoms with Crippen LogP contribution in [0, 0.1) is 41.3 Å². The number of anilines is 1. The predicted molar refractivity (Wildman–Crippen MR) is 151 cm³/mol. The first kappa shape index (κ1) is 25.8. The van der Waals surface area contributed by atoms with E-state index in [1.54, 1.807) is 18.9 Å². The third kappa shape index (κ3) is 3.79. The molecule has 10 heteroatoms. The second-order valence-electron chi connectivity index (χ2n) is 11.6. The molecule has 1 N–H and O–H groups in total. The molecule has 1 aromatic heterocycles. The van der Waals surface area contributed by atoms with Crippen LogP contribution < -0.4 is 19.2 Å². The van der Waals surface area contributed by atoms with Crippen LogP contribution in [0.1, 0.15) is 36.6 Å². The van der Waals surface area contributed by atoms with Crippen LogP contribution in [0.5, 0.6) is 11.5 Å². The van der Waals surface area contributed by atoms with Gasteiger partial charge in [-0.15, -0.1) is 11.8 Å². The molecule has 2 aromatic carbocycles. The lowest BCUT2D eigenvalue weighted by Gasteiger charge is -2.43. The van der Waals surface area contributed by atoms with Crippen LogP contribution in [0.2, 0.25) is 0 Å². The second kappa shape index (κ2) is 9.48. The highest BCUT2D eigenvalue weighted by atomic mass is 32.2. The zero-order valence-electron chi connectivity index (χ0n) is 22.3. The van der Waals surface area contributed by atoms with Crippen LogP contribution in [-0.4, -0.2) is 35.8 Å². The average Bonchev–Trinajstić information content (AvgIpc) is 3.67. The number of carbonyl (C=O) groups is 2. The number of thioether (sulfide) groups is 1. The van der Waals surface area contributed by atoms with Crippen molar-refractivity contribution in [2.45, 2.75) is 36.5 Å². The monoisotopic (exact) mass is 580 g/mol. The number of imide groups is 1. The molecule has 3 heterocycles. The summed E-state index contributed by atoms with van der Waals surface area (Å²) in [5.74, 6) is 0.0229. The highest BCUT2D eigenvalue weighted by molar-refractivity contribution is 8.00. The molecule has 0 unspecified atom stereocenters. The smallest absolute Gasteiger partial charge is 0.305 e. The van der Waals surface area contributed by atoms with Gasteiger partial charge in [0.1, 0.15) is 5.82 Å². The summed E-state index contributed by atoms with van der Waals surface area (Å²) in [6.07, 6.45) is 0.800. The Kier molecular flexibility index (Phi) is 6.12. The van der Waals surface area contributed by atoms with Crippen LogP contribution in [0.25, 0.3) is 0 Å². The summed E-state index contributed by atoms with van der Waals surface area (Å²) >= 11 is 2.88. The fourth-order valence-corrected chi connectivity index (χ4v) is 10.4. The number of benzene rings is 2. The largest absolute Gasteiger partial charge is 0.493 e. The van der Waals surface area contributed by atoms with E-state index < -0.39 is 17.7 Å². The molecule has 7 atom stereocenters. The Morgan fingerprint density at radius 1 is 1.02 bits per heavy atom. The number of H-pyrrole nitrogens is 1. The van der Waals surface area contributed by atoms with Crippen LogP contribution in [0.4, 0.5) is 10.1 Å². The predicted octanol–water partition coefficient (Wildman–Crippen LogP) is 5.30. The quantitative estimate of drug-likeness (QED) is 0.399. The maximum atomic E-state index is 13.8. The molecule has 0 spiro atoms. The van der Waals surface area contributed by atoms with Crippen molar-refractivity contribution in [3.8, 4) is 11.5 Å². The Morgan fingerprint density at radius 3 is 2.45 bits per heavy atom. The van der Waals surface area contributed by atoms with E-state index in [0.29, 0.717) is 29.7 Å². The summed E-state index contributed by atoms with van der Waals surface area (Å²) in [6.45, 7) is 4.74. The van der Waals surface area contributed by atoms with Crippen molar-refractivity contribution in [3.63, 3.8) is 0 Å². The summed E-state index contributed by atoms with van der Waals surface area (Å²) in [4.78, 5) is 45.2. The Hall–Kier alpha value is -3.11. The third-order valence-electron chi connectivity index (χ3n) is 8.93. The number of fused-ring (bicyclic) bond motifs is 9. The van der Waals surface area contributed by atoms with E-state index in [-0.39, 0.29) is 45.6 Å². The van der Waals surface area contributed by atoms with Crippen LogP contribution in [0.15, 0.2) is 52.3 Å². The fraction of sp³-hybridized carbons (Fsp3) is 0.433. The summed E-state index contributed by atoms with van der Waals surface area (Å²) in [5.41, 5.74) is 1.43. The van der Waals surface area contributed by atoms with Crippen molar-refractivity contribution in [2.24, 2.45) is 35.5 Å². The van der Waals surface area contributed by atoms with E-state index in [1.807, 2.05) is 18.2 Å². The number of methoxy groups -OCH3 is 1. The molecular weight excluding hydrogens is 551 g/mol. The van der Waals surface area contributed by atoms with E-state index in [4.69, 9.17) is 9.47 Å². The molecule has 2 bridgehead atoms.